The molecule has 6 rings (SSSR count). The van der Waals surface area contributed by atoms with E-state index in [-0.39, 0.29) is 34.9 Å². The molecule has 6 aliphatic heterocycles. The molecule has 6 heterocycles. The number of nitrogens with zero attached hydrogens (tertiary/aromatic N) is 6. The molecule has 12 nitrogen and oxygen atoms in total. The quantitative estimate of drug-likeness (QED) is 0.371. The fourth-order valence-electron chi connectivity index (χ4n) is 9.47. The third-order valence-corrected chi connectivity index (χ3v) is 13.4. The minimum absolute atomic E-state index is 0.183. The maximum absolute atomic E-state index is 10.1. The number of aliphatic hydroxyl groups is 3. The van der Waals surface area contributed by atoms with Gasteiger partial charge in [0.1, 0.15) is 0 Å². The predicted octanol–water partition coefficient (Wildman–Crippen LogP) is 1.65. The summed E-state index contributed by atoms with van der Waals surface area (Å²) >= 11 is 0. The van der Waals surface area contributed by atoms with Gasteiger partial charge in [0.15, 0.2) is 0 Å². The van der Waals surface area contributed by atoms with Crippen molar-refractivity contribution in [1.82, 2.24) is 29.4 Å². The summed E-state index contributed by atoms with van der Waals surface area (Å²) in [6, 6.07) is 3.45. The fraction of sp³-hybridized carbons (Fsp3) is 1.00. The molecule has 6 fully saturated rings. The Morgan fingerprint density at radius 2 is 0.686 bits per heavy atom. The van der Waals surface area contributed by atoms with E-state index < -0.39 is 0 Å². The number of hydrogen-bond donors (Lipinski definition) is 3. The number of piperazine rings is 3. The monoisotopic (exact) mass is 727 g/mol. The molecule has 0 radical (unpaired) electrons. The SMILES string of the molecule is CC(C)N1CCN([C@@]2(C)COC[C@H]2O)C[C@H]1C.CC(C)N1CCN([C@]2(C)COC[C@@H]2O)C[C@@H]1C.CC(C)N1CCN([C@]2(C)COC[C@@H]2O)C[C@H]1C. The van der Waals surface area contributed by atoms with Gasteiger partial charge < -0.3 is 29.5 Å². The summed E-state index contributed by atoms with van der Waals surface area (Å²) in [5, 5.41) is 30.2. The van der Waals surface area contributed by atoms with E-state index in [4.69, 9.17) is 14.2 Å². The maximum Gasteiger partial charge on any atom is 0.0976 e. The van der Waals surface area contributed by atoms with Gasteiger partial charge in [0.2, 0.25) is 0 Å². The van der Waals surface area contributed by atoms with Gasteiger partial charge in [-0.1, -0.05) is 0 Å². The van der Waals surface area contributed by atoms with Crippen molar-refractivity contribution in [2.24, 2.45) is 0 Å². The summed E-state index contributed by atoms with van der Waals surface area (Å²) in [6.45, 7) is 39.5. The first-order valence-corrected chi connectivity index (χ1v) is 20.1. The Kier molecular flexibility index (Phi) is 15.2. The lowest BCUT2D eigenvalue weighted by Gasteiger charge is -2.48. The topological polar surface area (TPSA) is 108 Å². The molecule has 300 valence electrons. The molecule has 51 heavy (non-hydrogen) atoms. The van der Waals surface area contributed by atoms with Crippen LogP contribution in [0.1, 0.15) is 83.1 Å². The van der Waals surface area contributed by atoms with Crippen LogP contribution in [0.25, 0.3) is 0 Å². The highest BCUT2D eigenvalue weighted by Crippen LogP contribution is 2.31. The van der Waals surface area contributed by atoms with Gasteiger partial charge in [0, 0.05) is 95.2 Å². The summed E-state index contributed by atoms with van der Waals surface area (Å²) < 4.78 is 16.3. The molecule has 12 heteroatoms. The van der Waals surface area contributed by atoms with Crippen molar-refractivity contribution in [3.63, 3.8) is 0 Å². The molecule has 9 atom stereocenters. The lowest BCUT2D eigenvalue weighted by Crippen LogP contribution is -2.63. The first kappa shape index (κ1) is 43.3. The second kappa shape index (κ2) is 18.0. The highest BCUT2D eigenvalue weighted by molar-refractivity contribution is 5.02. The van der Waals surface area contributed by atoms with Gasteiger partial charge in [-0.2, -0.15) is 0 Å². The van der Waals surface area contributed by atoms with E-state index in [9.17, 15) is 15.3 Å². The van der Waals surface area contributed by atoms with Gasteiger partial charge in [0.25, 0.3) is 0 Å². The average molecular weight is 727 g/mol. The van der Waals surface area contributed by atoms with Gasteiger partial charge >= 0.3 is 0 Å². The van der Waals surface area contributed by atoms with Gasteiger partial charge in [-0.25, -0.2) is 0 Å². The second-order valence-electron chi connectivity index (χ2n) is 18.0. The van der Waals surface area contributed by atoms with Crippen LogP contribution in [-0.2, 0) is 14.2 Å². The Morgan fingerprint density at radius 1 is 0.451 bits per heavy atom. The standard InChI is InChI=1S/3C13H26N2O2/c3*1-10(2)15-6-5-14(7-11(15)3)13(4)9-17-8-12(13)16/h3*10-12,16H,5-9H2,1-4H3/t11-,12+,13-;2*11-,12-,13+/m110/s1. The van der Waals surface area contributed by atoms with Crippen LogP contribution in [0, 0.1) is 0 Å². The van der Waals surface area contributed by atoms with E-state index in [2.05, 4.69) is 112 Å². The van der Waals surface area contributed by atoms with Gasteiger partial charge in [-0.15, -0.1) is 0 Å². The van der Waals surface area contributed by atoms with Crippen LogP contribution in [-0.4, -0.2) is 214 Å². The lowest BCUT2D eigenvalue weighted by atomic mass is 9.94. The van der Waals surface area contributed by atoms with Crippen LogP contribution in [0.4, 0.5) is 0 Å². The van der Waals surface area contributed by atoms with Crippen molar-refractivity contribution in [2.75, 3.05) is 98.5 Å². The van der Waals surface area contributed by atoms with E-state index in [1.165, 1.54) is 0 Å². The molecule has 0 bridgehead atoms. The summed E-state index contributed by atoms with van der Waals surface area (Å²) in [5.74, 6) is 0. The molecule has 6 saturated heterocycles. The van der Waals surface area contributed by atoms with Crippen LogP contribution >= 0.6 is 0 Å². The molecule has 0 aromatic rings. The zero-order valence-electron chi connectivity index (χ0n) is 34.6. The molecule has 0 aliphatic carbocycles. The van der Waals surface area contributed by atoms with Crippen LogP contribution in [0.15, 0.2) is 0 Å². The Morgan fingerprint density at radius 3 is 0.843 bits per heavy atom. The predicted molar refractivity (Wildman–Crippen MR) is 204 cm³/mol. The minimum Gasteiger partial charge on any atom is -0.389 e. The van der Waals surface area contributed by atoms with Crippen molar-refractivity contribution in [3.8, 4) is 0 Å². The van der Waals surface area contributed by atoms with E-state index in [0.717, 1.165) is 58.9 Å². The third-order valence-electron chi connectivity index (χ3n) is 13.4. The fourth-order valence-corrected chi connectivity index (χ4v) is 9.47. The van der Waals surface area contributed by atoms with E-state index in [1.807, 2.05) is 0 Å². The molecule has 0 saturated carbocycles. The maximum atomic E-state index is 10.1. The normalized spacial score (nSPS) is 41.3. The highest BCUT2D eigenvalue weighted by Gasteiger charge is 2.48. The van der Waals surface area contributed by atoms with Crippen molar-refractivity contribution in [2.45, 2.75) is 154 Å². The number of rotatable bonds is 6. The minimum atomic E-state index is -0.347. The summed E-state index contributed by atoms with van der Waals surface area (Å²) in [7, 11) is 0. The first-order chi connectivity index (χ1) is 23.8. The molecule has 0 aromatic heterocycles. The Labute approximate surface area is 311 Å². The molecular weight excluding hydrogens is 648 g/mol. The highest BCUT2D eigenvalue weighted by atomic mass is 16.5. The van der Waals surface area contributed by atoms with Crippen molar-refractivity contribution >= 4 is 0 Å². The Balaban J connectivity index is 0.000000172. The zero-order valence-corrected chi connectivity index (χ0v) is 34.6. The number of ether oxygens (including phenoxy) is 3. The molecule has 0 unspecified atom stereocenters. The number of aliphatic hydroxyl groups excluding tert-OH is 3. The summed E-state index contributed by atoms with van der Waals surface area (Å²) in [6.07, 6.45) is -1.04. The Hall–Kier alpha value is -0.480. The smallest absolute Gasteiger partial charge is 0.0976 e. The second-order valence-corrected chi connectivity index (χ2v) is 18.0. The van der Waals surface area contributed by atoms with Gasteiger partial charge in [0.05, 0.1) is 74.6 Å². The van der Waals surface area contributed by atoms with E-state index in [1.54, 1.807) is 0 Å². The van der Waals surface area contributed by atoms with E-state index in [0.29, 0.717) is 75.9 Å². The lowest BCUT2D eigenvalue weighted by molar-refractivity contribution is -0.0402. The number of hydrogen-bond acceptors (Lipinski definition) is 12. The zero-order chi connectivity index (χ0) is 37.9. The molecule has 6 aliphatic rings. The van der Waals surface area contributed by atoms with Crippen LogP contribution < -0.4 is 0 Å². The third kappa shape index (κ3) is 9.67. The summed E-state index contributed by atoms with van der Waals surface area (Å²) in [4.78, 5) is 14.8. The van der Waals surface area contributed by atoms with Crippen LogP contribution in [0.5, 0.6) is 0 Å². The van der Waals surface area contributed by atoms with Crippen LogP contribution in [0.2, 0.25) is 0 Å². The Bertz CT molecular complexity index is 945. The molecule has 0 aromatic carbocycles. The van der Waals surface area contributed by atoms with Crippen molar-refractivity contribution in [1.29, 1.82) is 0 Å². The van der Waals surface area contributed by atoms with Gasteiger partial charge in [-0.05, 0) is 83.1 Å². The molecule has 0 amide bonds. The first-order valence-electron chi connectivity index (χ1n) is 20.1. The average Bonchev–Trinajstić information content (AvgIpc) is 3.73. The van der Waals surface area contributed by atoms with Crippen LogP contribution in [0.3, 0.4) is 0 Å². The van der Waals surface area contributed by atoms with Crippen molar-refractivity contribution < 1.29 is 29.5 Å². The summed E-state index contributed by atoms with van der Waals surface area (Å²) in [5.41, 5.74) is -0.550. The van der Waals surface area contributed by atoms with Gasteiger partial charge in [-0.3, -0.25) is 29.4 Å². The van der Waals surface area contributed by atoms with E-state index >= 15 is 0 Å². The largest absolute Gasteiger partial charge is 0.389 e. The molecular formula is C39H78N6O6. The molecule has 3 N–H and O–H groups in total. The molecule has 0 spiro atoms. The van der Waals surface area contributed by atoms with Crippen molar-refractivity contribution in [3.05, 3.63) is 0 Å².